The largest absolute Gasteiger partial charge is 0.377 e. The van der Waals surface area contributed by atoms with Gasteiger partial charge in [-0.2, -0.15) is 0 Å². The third-order valence-corrected chi connectivity index (χ3v) is 6.66. The molecule has 4 rings (SSSR count). The van der Waals surface area contributed by atoms with E-state index in [0.29, 0.717) is 26.0 Å². The maximum atomic E-state index is 14.7. The summed E-state index contributed by atoms with van der Waals surface area (Å²) in [6.45, 7) is 3.15. The van der Waals surface area contributed by atoms with Crippen LogP contribution in [0.25, 0.3) is 0 Å². The van der Waals surface area contributed by atoms with Gasteiger partial charge in [0.2, 0.25) is 5.91 Å². The number of rotatable bonds is 9. The number of anilines is 1. The molecule has 1 saturated heterocycles. The first-order chi connectivity index (χ1) is 15.5. The number of nitrogens with one attached hydrogen (secondary N) is 2. The molecule has 3 atom stereocenters. The summed E-state index contributed by atoms with van der Waals surface area (Å²) in [6.07, 6.45) is 13.0. The highest BCUT2D eigenvalue weighted by molar-refractivity contribution is 5.95. The van der Waals surface area contributed by atoms with E-state index in [9.17, 15) is 9.18 Å². The highest BCUT2D eigenvalue weighted by Crippen LogP contribution is 2.41. The monoisotopic (exact) mass is 440 g/mol. The van der Waals surface area contributed by atoms with Gasteiger partial charge in [0, 0.05) is 25.6 Å². The van der Waals surface area contributed by atoms with Crippen molar-refractivity contribution in [3.05, 3.63) is 53.5 Å². The average molecular weight is 441 g/mol. The van der Waals surface area contributed by atoms with Crippen molar-refractivity contribution in [2.24, 2.45) is 16.6 Å². The molecule has 1 aromatic rings. The second kappa shape index (κ2) is 10.1. The fourth-order valence-corrected chi connectivity index (χ4v) is 4.53. The number of carbonyl (C=O) groups is 1. The lowest BCUT2D eigenvalue weighted by Crippen LogP contribution is -2.39. The first-order valence-corrected chi connectivity index (χ1v) is 11.6. The fraction of sp³-hybridized carbons (Fsp3) is 0.520. The summed E-state index contributed by atoms with van der Waals surface area (Å²) in [6, 6.07) is 4.43. The number of amides is 1. The molecular formula is C25H33FN4O2. The van der Waals surface area contributed by atoms with Crippen LogP contribution in [0, 0.1) is 11.7 Å². The van der Waals surface area contributed by atoms with Crippen LogP contribution in [-0.4, -0.2) is 37.4 Å². The first kappa shape index (κ1) is 22.8. The highest BCUT2D eigenvalue weighted by Gasteiger charge is 2.35. The number of nitrogens with two attached hydrogens (primary N) is 1. The molecule has 0 bridgehead atoms. The second-order valence-corrected chi connectivity index (χ2v) is 8.99. The summed E-state index contributed by atoms with van der Waals surface area (Å²) < 4.78 is 20.3. The van der Waals surface area contributed by atoms with Gasteiger partial charge in [0.1, 0.15) is 5.82 Å². The summed E-state index contributed by atoms with van der Waals surface area (Å²) in [5.41, 5.74) is 8.29. The number of halogens is 1. The number of carbonyl (C=O) groups excluding carboxylic acids is 1. The number of nitrogens with zero attached hydrogens (tertiary/aromatic N) is 1. The Balaban J connectivity index is 1.55. The van der Waals surface area contributed by atoms with Crippen LogP contribution in [-0.2, 0) is 15.1 Å². The SMILES string of the molecule is CCO[C@H]1CN[C@@H](C(=O)Nc2cc(C(N)(CCC3CC3)C3=CC=NC=CC3)ccc2F)C1. The van der Waals surface area contributed by atoms with E-state index in [1.807, 2.05) is 19.1 Å². The number of hydrogen-bond donors (Lipinski definition) is 3. The molecule has 0 spiro atoms. The van der Waals surface area contributed by atoms with E-state index in [4.69, 9.17) is 10.5 Å². The van der Waals surface area contributed by atoms with Gasteiger partial charge < -0.3 is 21.1 Å². The molecule has 7 heteroatoms. The molecule has 6 nitrogen and oxygen atoms in total. The van der Waals surface area contributed by atoms with E-state index in [-0.39, 0.29) is 17.7 Å². The van der Waals surface area contributed by atoms with Crippen LogP contribution in [0.15, 0.2) is 47.1 Å². The van der Waals surface area contributed by atoms with E-state index < -0.39 is 17.4 Å². The molecule has 3 aliphatic rings. The van der Waals surface area contributed by atoms with Crippen LogP contribution in [0.4, 0.5) is 10.1 Å². The lowest BCUT2D eigenvalue weighted by atomic mass is 9.77. The lowest BCUT2D eigenvalue weighted by molar-refractivity contribution is -0.118. The van der Waals surface area contributed by atoms with E-state index in [0.717, 1.165) is 29.9 Å². The smallest absolute Gasteiger partial charge is 0.241 e. The molecule has 1 aliphatic carbocycles. The molecule has 0 aromatic heterocycles. The second-order valence-electron chi connectivity index (χ2n) is 8.99. The molecule has 0 radical (unpaired) electrons. The molecule has 32 heavy (non-hydrogen) atoms. The molecular weight excluding hydrogens is 407 g/mol. The third-order valence-electron chi connectivity index (χ3n) is 6.66. The summed E-state index contributed by atoms with van der Waals surface area (Å²) >= 11 is 0. The molecule has 2 aliphatic heterocycles. The third kappa shape index (κ3) is 5.34. The Kier molecular flexibility index (Phi) is 7.18. The van der Waals surface area contributed by atoms with E-state index in [1.54, 1.807) is 24.5 Å². The maximum Gasteiger partial charge on any atom is 0.241 e. The molecule has 1 saturated carbocycles. The standard InChI is InChI=1S/C25H33FN4O2/c1-2-32-20-15-23(29-16-20)24(31)30-22-14-19(7-8-21(22)26)25(27,11-9-17-5-6-17)18-4-3-12-28-13-10-18/h3,7-8,10,12-14,17,20,23,29H,2,4-6,9,11,15-16,27H2,1H3,(H,30,31)/t20-,23-,25?/m1/s1. The van der Waals surface area contributed by atoms with Crippen LogP contribution in [0.5, 0.6) is 0 Å². The van der Waals surface area contributed by atoms with Gasteiger partial charge >= 0.3 is 0 Å². The molecule has 4 N–H and O–H groups in total. The fourth-order valence-electron chi connectivity index (χ4n) is 4.53. The zero-order valence-electron chi connectivity index (χ0n) is 18.6. The maximum absolute atomic E-state index is 14.7. The van der Waals surface area contributed by atoms with Gasteiger partial charge in [0.25, 0.3) is 0 Å². The van der Waals surface area contributed by atoms with Crippen molar-refractivity contribution >= 4 is 17.8 Å². The van der Waals surface area contributed by atoms with Crippen molar-refractivity contribution in [3.8, 4) is 0 Å². The van der Waals surface area contributed by atoms with Gasteiger partial charge in [-0.3, -0.25) is 9.79 Å². The number of allylic oxidation sites excluding steroid dienone is 2. The summed E-state index contributed by atoms with van der Waals surface area (Å²) in [4.78, 5) is 17.0. The number of hydrogen-bond acceptors (Lipinski definition) is 5. The minimum absolute atomic E-state index is 0.00272. The summed E-state index contributed by atoms with van der Waals surface area (Å²) in [5, 5.41) is 5.93. The van der Waals surface area contributed by atoms with Crippen LogP contribution in [0.2, 0.25) is 0 Å². The minimum atomic E-state index is -0.748. The van der Waals surface area contributed by atoms with Crippen LogP contribution < -0.4 is 16.4 Å². The average Bonchev–Trinajstić information content (AvgIpc) is 3.56. The van der Waals surface area contributed by atoms with Crippen LogP contribution in [0.1, 0.15) is 51.0 Å². The van der Waals surface area contributed by atoms with Crippen LogP contribution in [0.3, 0.4) is 0 Å². The summed E-state index contributed by atoms with van der Waals surface area (Å²) in [5.74, 6) is -0.00485. The van der Waals surface area contributed by atoms with E-state index >= 15 is 0 Å². The number of aliphatic imine (C=N–C) groups is 1. The lowest BCUT2D eigenvalue weighted by Gasteiger charge is -2.33. The topological polar surface area (TPSA) is 88.7 Å². The van der Waals surface area contributed by atoms with Crippen molar-refractivity contribution in [1.82, 2.24) is 5.32 Å². The van der Waals surface area contributed by atoms with Gasteiger partial charge in [-0.15, -0.1) is 0 Å². The van der Waals surface area contributed by atoms with Crippen molar-refractivity contribution in [3.63, 3.8) is 0 Å². The predicted octanol–water partition coefficient (Wildman–Crippen LogP) is 3.79. The van der Waals surface area contributed by atoms with E-state index in [2.05, 4.69) is 15.6 Å². The van der Waals surface area contributed by atoms with Crippen molar-refractivity contribution < 1.29 is 13.9 Å². The Morgan fingerprint density at radius 3 is 3.03 bits per heavy atom. The Morgan fingerprint density at radius 1 is 1.41 bits per heavy atom. The Hall–Kier alpha value is -2.35. The zero-order chi connectivity index (χ0) is 22.6. The quantitative estimate of drug-likeness (QED) is 0.545. The van der Waals surface area contributed by atoms with Gasteiger partial charge in [-0.1, -0.05) is 25.0 Å². The molecule has 1 amide bonds. The van der Waals surface area contributed by atoms with Gasteiger partial charge in [0.05, 0.1) is 23.4 Å². The Bertz CT molecular complexity index is 925. The summed E-state index contributed by atoms with van der Waals surface area (Å²) in [7, 11) is 0. The van der Waals surface area contributed by atoms with Gasteiger partial charge in [-0.25, -0.2) is 4.39 Å². The first-order valence-electron chi connectivity index (χ1n) is 11.6. The molecule has 1 unspecified atom stereocenters. The van der Waals surface area contributed by atoms with Crippen molar-refractivity contribution in [2.45, 2.75) is 63.1 Å². The zero-order valence-corrected chi connectivity index (χ0v) is 18.6. The van der Waals surface area contributed by atoms with Crippen molar-refractivity contribution in [1.29, 1.82) is 0 Å². The Morgan fingerprint density at radius 2 is 2.25 bits per heavy atom. The number of benzene rings is 1. The normalized spacial score (nSPS) is 24.7. The predicted molar refractivity (Wildman–Crippen MR) is 125 cm³/mol. The van der Waals surface area contributed by atoms with Crippen molar-refractivity contribution in [2.75, 3.05) is 18.5 Å². The van der Waals surface area contributed by atoms with E-state index in [1.165, 1.54) is 18.9 Å². The Labute approximate surface area is 189 Å². The minimum Gasteiger partial charge on any atom is -0.377 e. The molecule has 172 valence electrons. The highest BCUT2D eigenvalue weighted by atomic mass is 19.1. The number of ether oxygens (including phenoxy) is 1. The molecule has 2 fully saturated rings. The van der Waals surface area contributed by atoms with Gasteiger partial charge in [-0.05, 0) is 67.9 Å². The molecule has 1 aromatic carbocycles. The van der Waals surface area contributed by atoms with Gasteiger partial charge in [0.15, 0.2) is 0 Å². The molecule has 2 heterocycles. The van der Waals surface area contributed by atoms with Crippen LogP contribution >= 0.6 is 0 Å².